The molecule has 0 radical (unpaired) electrons. The van der Waals surface area contributed by atoms with Gasteiger partial charge in [0.2, 0.25) is 0 Å². The van der Waals surface area contributed by atoms with Crippen LogP contribution in [-0.2, 0) is 13.0 Å². The number of aromatic nitrogens is 2. The van der Waals surface area contributed by atoms with Crippen molar-refractivity contribution in [3.63, 3.8) is 0 Å². The summed E-state index contributed by atoms with van der Waals surface area (Å²) in [6, 6.07) is 16.8. The number of hydrogen-bond donors (Lipinski definition) is 0. The highest BCUT2D eigenvalue weighted by molar-refractivity contribution is 9.10. The van der Waals surface area contributed by atoms with Crippen molar-refractivity contribution in [2.75, 3.05) is 7.11 Å². The highest BCUT2D eigenvalue weighted by Crippen LogP contribution is 2.26. The van der Waals surface area contributed by atoms with E-state index in [1.807, 2.05) is 12.1 Å². The number of nitrogens with zero attached hydrogens (tertiary/aromatic N) is 2. The lowest BCUT2D eigenvalue weighted by Gasteiger charge is -2.01. The van der Waals surface area contributed by atoms with Gasteiger partial charge in [-0.15, -0.1) is 0 Å². The molecule has 4 rings (SSSR count). The average molecular weight is 370 g/mol. The van der Waals surface area contributed by atoms with Crippen LogP contribution >= 0.6 is 15.9 Å². The minimum atomic E-state index is 0.887. The summed E-state index contributed by atoms with van der Waals surface area (Å²) in [4.78, 5) is 0. The Morgan fingerprint density at radius 3 is 2.48 bits per heavy atom. The standard InChI is InChI=1S/C19H18BrN2O/c1-23-17-10-8-16(9-11-17)22-13-18(21-12-2-3-19(21)22)14-4-6-15(20)7-5-14/h4-11,13H,2-3,12H2,1H3/q+1. The van der Waals surface area contributed by atoms with E-state index in [0.717, 1.165) is 23.2 Å². The minimum Gasteiger partial charge on any atom is -0.497 e. The SMILES string of the molecule is COc1ccc(-n2cc(-c3ccc(Br)cc3)[n+]3c2CCC3)cc1. The molecule has 1 aliphatic rings. The Morgan fingerprint density at radius 1 is 1.04 bits per heavy atom. The second-order valence-electron chi connectivity index (χ2n) is 5.76. The molecule has 0 fully saturated rings. The van der Waals surface area contributed by atoms with Gasteiger partial charge in [0.15, 0.2) is 5.69 Å². The molecule has 0 saturated heterocycles. The Kier molecular flexibility index (Phi) is 3.69. The molecule has 0 N–H and O–H groups in total. The molecule has 4 heteroatoms. The van der Waals surface area contributed by atoms with Gasteiger partial charge in [0.05, 0.1) is 20.1 Å². The maximum atomic E-state index is 5.26. The van der Waals surface area contributed by atoms with Crippen molar-refractivity contribution in [3.05, 3.63) is 65.0 Å². The first-order valence-corrected chi connectivity index (χ1v) is 8.60. The first-order valence-electron chi connectivity index (χ1n) is 7.81. The van der Waals surface area contributed by atoms with Crippen molar-refractivity contribution >= 4 is 15.9 Å². The van der Waals surface area contributed by atoms with Gasteiger partial charge < -0.3 is 4.74 Å². The number of imidazole rings is 1. The quantitative estimate of drug-likeness (QED) is 0.634. The van der Waals surface area contributed by atoms with E-state index in [-0.39, 0.29) is 0 Å². The van der Waals surface area contributed by atoms with Gasteiger partial charge >= 0.3 is 0 Å². The molecular weight excluding hydrogens is 352 g/mol. The molecule has 116 valence electrons. The Bertz CT molecular complexity index is 835. The zero-order valence-electron chi connectivity index (χ0n) is 13.0. The van der Waals surface area contributed by atoms with Crippen LogP contribution < -0.4 is 9.30 Å². The van der Waals surface area contributed by atoms with Crippen LogP contribution in [0.1, 0.15) is 12.2 Å². The number of rotatable bonds is 3. The van der Waals surface area contributed by atoms with Crippen LogP contribution in [0.2, 0.25) is 0 Å². The van der Waals surface area contributed by atoms with Crippen LogP contribution in [0, 0.1) is 0 Å². The van der Waals surface area contributed by atoms with Crippen molar-refractivity contribution < 1.29 is 9.30 Å². The molecule has 0 unspecified atom stereocenters. The van der Waals surface area contributed by atoms with Gasteiger partial charge in [-0.1, -0.05) is 15.9 Å². The fraction of sp³-hybridized carbons (Fsp3) is 0.211. The summed E-state index contributed by atoms with van der Waals surface area (Å²) in [5, 5.41) is 0. The molecule has 0 bridgehead atoms. The molecule has 0 spiro atoms. The molecule has 2 aromatic carbocycles. The lowest BCUT2D eigenvalue weighted by molar-refractivity contribution is -0.679. The zero-order valence-corrected chi connectivity index (χ0v) is 14.6. The Labute approximate surface area is 144 Å². The first-order chi connectivity index (χ1) is 11.3. The summed E-state index contributed by atoms with van der Waals surface area (Å²) < 4.78 is 11.1. The van der Waals surface area contributed by atoms with Gasteiger partial charge in [-0.05, 0) is 55.0 Å². The van der Waals surface area contributed by atoms with E-state index in [0.29, 0.717) is 0 Å². The topological polar surface area (TPSA) is 18.0 Å². The van der Waals surface area contributed by atoms with Crippen LogP contribution in [0.5, 0.6) is 5.75 Å². The van der Waals surface area contributed by atoms with Crippen molar-refractivity contribution in [3.8, 4) is 22.7 Å². The number of hydrogen-bond acceptors (Lipinski definition) is 1. The van der Waals surface area contributed by atoms with Crippen LogP contribution in [0.25, 0.3) is 16.9 Å². The molecule has 0 aliphatic carbocycles. The second kappa shape index (κ2) is 5.85. The number of halogens is 1. The van der Waals surface area contributed by atoms with Gasteiger partial charge in [-0.3, -0.25) is 0 Å². The predicted molar refractivity (Wildman–Crippen MR) is 94.0 cm³/mol. The summed E-state index contributed by atoms with van der Waals surface area (Å²) in [5.74, 6) is 2.26. The number of methoxy groups -OCH3 is 1. The largest absolute Gasteiger partial charge is 0.497 e. The summed E-state index contributed by atoms with van der Waals surface area (Å²) in [7, 11) is 1.70. The van der Waals surface area contributed by atoms with Crippen molar-refractivity contribution in [2.45, 2.75) is 19.4 Å². The van der Waals surface area contributed by atoms with Crippen molar-refractivity contribution in [1.29, 1.82) is 0 Å². The van der Waals surface area contributed by atoms with Gasteiger partial charge in [0, 0.05) is 10.0 Å². The highest BCUT2D eigenvalue weighted by Gasteiger charge is 2.29. The average Bonchev–Trinajstić information content (AvgIpc) is 3.18. The number of ether oxygens (including phenoxy) is 1. The summed E-state index contributed by atoms with van der Waals surface area (Å²) in [5.41, 5.74) is 3.71. The normalized spacial score (nSPS) is 13.1. The molecule has 1 aliphatic heterocycles. The summed E-state index contributed by atoms with van der Waals surface area (Å²) in [6.07, 6.45) is 4.57. The maximum absolute atomic E-state index is 5.26. The fourth-order valence-corrected chi connectivity index (χ4v) is 3.52. The van der Waals surface area contributed by atoms with Gasteiger partial charge in [-0.25, -0.2) is 4.57 Å². The van der Waals surface area contributed by atoms with Crippen LogP contribution in [0.3, 0.4) is 0 Å². The zero-order chi connectivity index (χ0) is 15.8. The van der Waals surface area contributed by atoms with E-state index < -0.39 is 0 Å². The molecule has 0 saturated carbocycles. The second-order valence-corrected chi connectivity index (χ2v) is 6.68. The van der Waals surface area contributed by atoms with E-state index in [1.165, 1.54) is 29.2 Å². The Balaban J connectivity index is 1.82. The predicted octanol–water partition coefficient (Wildman–Crippen LogP) is 4.15. The fourth-order valence-electron chi connectivity index (χ4n) is 3.25. The van der Waals surface area contributed by atoms with E-state index in [1.54, 1.807) is 7.11 Å². The number of benzene rings is 2. The smallest absolute Gasteiger partial charge is 0.262 e. The Hall–Kier alpha value is -2.07. The van der Waals surface area contributed by atoms with E-state index >= 15 is 0 Å². The van der Waals surface area contributed by atoms with Crippen molar-refractivity contribution in [2.24, 2.45) is 0 Å². The van der Waals surface area contributed by atoms with Crippen LogP contribution in [0.4, 0.5) is 0 Å². The molecule has 3 nitrogen and oxygen atoms in total. The van der Waals surface area contributed by atoms with Gasteiger partial charge in [-0.2, -0.15) is 4.57 Å². The third-order valence-electron chi connectivity index (χ3n) is 4.40. The lowest BCUT2D eigenvalue weighted by Crippen LogP contribution is -2.33. The van der Waals surface area contributed by atoms with Crippen LogP contribution in [0.15, 0.2) is 59.2 Å². The van der Waals surface area contributed by atoms with Crippen molar-refractivity contribution in [1.82, 2.24) is 4.57 Å². The molecular formula is C19H18BrN2O+. The van der Waals surface area contributed by atoms with E-state index in [4.69, 9.17) is 4.74 Å². The Morgan fingerprint density at radius 2 is 1.78 bits per heavy atom. The molecule has 0 amide bonds. The third-order valence-corrected chi connectivity index (χ3v) is 4.93. The molecule has 0 atom stereocenters. The third kappa shape index (κ3) is 2.57. The highest BCUT2D eigenvalue weighted by atomic mass is 79.9. The van der Waals surface area contributed by atoms with E-state index in [2.05, 4.69) is 67.7 Å². The summed E-state index contributed by atoms with van der Waals surface area (Å²) in [6.45, 7) is 1.09. The minimum absolute atomic E-state index is 0.887. The van der Waals surface area contributed by atoms with E-state index in [9.17, 15) is 0 Å². The molecule has 1 aromatic heterocycles. The van der Waals surface area contributed by atoms with Gasteiger partial charge in [0.25, 0.3) is 5.82 Å². The molecule has 2 heterocycles. The van der Waals surface area contributed by atoms with Crippen LogP contribution in [-0.4, -0.2) is 11.7 Å². The number of fused-ring (bicyclic) bond motifs is 1. The van der Waals surface area contributed by atoms with Gasteiger partial charge in [0.1, 0.15) is 17.6 Å². The molecule has 23 heavy (non-hydrogen) atoms. The first kappa shape index (κ1) is 14.5. The summed E-state index contributed by atoms with van der Waals surface area (Å²) >= 11 is 3.51. The molecule has 3 aromatic rings. The lowest BCUT2D eigenvalue weighted by atomic mass is 10.1. The maximum Gasteiger partial charge on any atom is 0.262 e. The monoisotopic (exact) mass is 369 g/mol.